The van der Waals surface area contributed by atoms with Gasteiger partial charge in [-0.3, -0.25) is 9.69 Å². The van der Waals surface area contributed by atoms with Crippen LogP contribution in [0.3, 0.4) is 0 Å². The highest BCUT2D eigenvalue weighted by Crippen LogP contribution is 2.40. The van der Waals surface area contributed by atoms with E-state index in [1.165, 1.54) is 17.3 Å². The molecular formula is C34H24Cl2N2O2S. The SMILES string of the molecule is Cc1ccc(COc2ccc3ccccc3c2/C=C2\SC(=Nc3ccc(Cl)cc3)N(c3ccc(Cl)cc3)C2=O)cc1. The first-order chi connectivity index (χ1) is 19.9. The quantitative estimate of drug-likeness (QED) is 0.184. The number of thioether (sulfide) groups is 1. The van der Waals surface area contributed by atoms with E-state index in [0.29, 0.717) is 43.8 Å². The zero-order chi connectivity index (χ0) is 28.3. The number of carbonyl (C=O) groups is 1. The first-order valence-electron chi connectivity index (χ1n) is 13.0. The van der Waals surface area contributed by atoms with Crippen molar-refractivity contribution in [1.29, 1.82) is 0 Å². The molecule has 4 nitrogen and oxygen atoms in total. The lowest BCUT2D eigenvalue weighted by Crippen LogP contribution is -2.28. The lowest BCUT2D eigenvalue weighted by Gasteiger charge is -2.16. The standard InChI is InChI=1S/C34H24Cl2N2O2S/c1-22-6-8-23(9-7-22)21-40-31-19-10-24-4-2-3-5-29(24)30(31)20-32-33(39)38(28-17-13-26(36)14-18-28)34(41-32)37-27-15-11-25(35)12-16-27/h2-20H,21H2,1H3/b32-20-,37-34?. The lowest BCUT2D eigenvalue weighted by molar-refractivity contribution is -0.113. The molecule has 41 heavy (non-hydrogen) atoms. The number of ether oxygens (including phenoxy) is 1. The molecule has 6 rings (SSSR count). The van der Waals surface area contributed by atoms with Gasteiger partial charge in [0.05, 0.1) is 16.3 Å². The van der Waals surface area contributed by atoms with Gasteiger partial charge in [0.2, 0.25) is 0 Å². The van der Waals surface area contributed by atoms with Gasteiger partial charge in [0.15, 0.2) is 5.17 Å². The molecule has 1 fully saturated rings. The average molecular weight is 596 g/mol. The van der Waals surface area contributed by atoms with Crippen molar-refractivity contribution >= 4 is 74.3 Å². The molecule has 0 spiro atoms. The van der Waals surface area contributed by atoms with Crippen LogP contribution in [-0.4, -0.2) is 11.1 Å². The first-order valence-corrected chi connectivity index (χ1v) is 14.6. The van der Waals surface area contributed by atoms with Crippen molar-refractivity contribution in [2.24, 2.45) is 4.99 Å². The molecule has 1 heterocycles. The molecule has 1 amide bonds. The molecule has 0 radical (unpaired) electrons. The monoisotopic (exact) mass is 594 g/mol. The Bertz CT molecular complexity index is 1800. The van der Waals surface area contributed by atoms with E-state index in [2.05, 4.69) is 37.3 Å². The Balaban J connectivity index is 1.43. The summed E-state index contributed by atoms with van der Waals surface area (Å²) in [6.07, 6.45) is 1.91. The van der Waals surface area contributed by atoms with Gasteiger partial charge in [-0.2, -0.15) is 0 Å². The maximum absolute atomic E-state index is 14.0. The van der Waals surface area contributed by atoms with Crippen LogP contribution >= 0.6 is 35.0 Å². The van der Waals surface area contributed by atoms with E-state index >= 15 is 0 Å². The number of hydrogen-bond acceptors (Lipinski definition) is 4. The van der Waals surface area contributed by atoms with Crippen molar-refractivity contribution in [3.63, 3.8) is 0 Å². The Hall–Kier alpha value is -4.03. The number of carbonyl (C=O) groups excluding carboxylic acids is 1. The molecule has 0 atom stereocenters. The van der Waals surface area contributed by atoms with Gasteiger partial charge in [0, 0.05) is 15.6 Å². The van der Waals surface area contributed by atoms with Crippen LogP contribution in [-0.2, 0) is 11.4 Å². The minimum Gasteiger partial charge on any atom is -0.488 e. The summed E-state index contributed by atoms with van der Waals surface area (Å²) in [5.74, 6) is 0.522. The molecule has 0 saturated carbocycles. The van der Waals surface area contributed by atoms with E-state index in [-0.39, 0.29) is 5.91 Å². The van der Waals surface area contributed by atoms with Crippen LogP contribution in [0.2, 0.25) is 10.0 Å². The molecule has 7 heteroatoms. The Morgan fingerprint density at radius 1 is 0.829 bits per heavy atom. The van der Waals surface area contributed by atoms with E-state index < -0.39 is 0 Å². The molecule has 1 aliphatic heterocycles. The van der Waals surface area contributed by atoms with E-state index in [1.807, 2.05) is 60.7 Å². The van der Waals surface area contributed by atoms with Crippen molar-refractivity contribution in [2.75, 3.05) is 4.90 Å². The van der Waals surface area contributed by atoms with E-state index in [1.54, 1.807) is 29.2 Å². The number of anilines is 1. The number of halogens is 2. The zero-order valence-electron chi connectivity index (χ0n) is 22.1. The van der Waals surface area contributed by atoms with Crippen molar-refractivity contribution in [3.05, 3.63) is 141 Å². The number of amidine groups is 1. The van der Waals surface area contributed by atoms with Crippen molar-refractivity contribution in [2.45, 2.75) is 13.5 Å². The molecule has 0 aliphatic carbocycles. The highest BCUT2D eigenvalue weighted by Gasteiger charge is 2.35. The normalized spacial score (nSPS) is 15.3. The largest absolute Gasteiger partial charge is 0.488 e. The fourth-order valence-corrected chi connectivity index (χ4v) is 5.75. The highest BCUT2D eigenvalue weighted by atomic mass is 35.5. The summed E-state index contributed by atoms with van der Waals surface area (Å²) in [4.78, 5) is 20.9. The van der Waals surface area contributed by atoms with Gasteiger partial charge >= 0.3 is 0 Å². The molecule has 1 aliphatic rings. The van der Waals surface area contributed by atoms with E-state index in [0.717, 1.165) is 21.9 Å². The first kappa shape index (κ1) is 27.2. The predicted molar refractivity (Wildman–Crippen MR) is 173 cm³/mol. The highest BCUT2D eigenvalue weighted by molar-refractivity contribution is 8.19. The van der Waals surface area contributed by atoms with Crippen molar-refractivity contribution in [1.82, 2.24) is 0 Å². The Morgan fingerprint density at radius 3 is 2.24 bits per heavy atom. The number of nitrogens with zero attached hydrogens (tertiary/aromatic N) is 2. The van der Waals surface area contributed by atoms with Crippen LogP contribution in [0.1, 0.15) is 16.7 Å². The van der Waals surface area contributed by atoms with Gasteiger partial charge in [-0.1, -0.05) is 83.4 Å². The number of rotatable bonds is 6. The van der Waals surface area contributed by atoms with Crippen LogP contribution in [0, 0.1) is 6.92 Å². The molecule has 0 unspecified atom stereocenters. The Morgan fingerprint density at radius 2 is 1.51 bits per heavy atom. The molecule has 0 bridgehead atoms. The van der Waals surface area contributed by atoms with Crippen LogP contribution in [0.5, 0.6) is 5.75 Å². The van der Waals surface area contributed by atoms with Gasteiger partial charge in [-0.25, -0.2) is 4.99 Å². The number of aryl methyl sites for hydroxylation is 1. The Labute approximate surface area is 252 Å². The van der Waals surface area contributed by atoms with Gasteiger partial charge in [-0.05, 0) is 95.7 Å². The third kappa shape index (κ3) is 6.03. The molecular weight excluding hydrogens is 571 g/mol. The number of fused-ring (bicyclic) bond motifs is 1. The van der Waals surface area contributed by atoms with Gasteiger partial charge < -0.3 is 4.74 Å². The van der Waals surface area contributed by atoms with Crippen molar-refractivity contribution < 1.29 is 9.53 Å². The zero-order valence-corrected chi connectivity index (χ0v) is 24.4. The number of benzene rings is 5. The number of amides is 1. The summed E-state index contributed by atoms with van der Waals surface area (Å²) in [5.41, 5.74) is 4.48. The fraction of sp³-hybridized carbons (Fsp3) is 0.0588. The minimum atomic E-state index is -0.178. The average Bonchev–Trinajstić information content (AvgIpc) is 3.29. The fourth-order valence-electron chi connectivity index (χ4n) is 4.52. The molecule has 5 aromatic carbocycles. The summed E-state index contributed by atoms with van der Waals surface area (Å²) < 4.78 is 6.34. The summed E-state index contributed by atoms with van der Waals surface area (Å²) >= 11 is 13.6. The van der Waals surface area contributed by atoms with Crippen LogP contribution < -0.4 is 9.64 Å². The van der Waals surface area contributed by atoms with E-state index in [4.69, 9.17) is 32.9 Å². The van der Waals surface area contributed by atoms with E-state index in [9.17, 15) is 4.79 Å². The summed E-state index contributed by atoms with van der Waals surface area (Å²) in [7, 11) is 0. The number of aliphatic imine (C=N–C) groups is 1. The minimum absolute atomic E-state index is 0.178. The summed E-state index contributed by atoms with van der Waals surface area (Å²) in [6.45, 7) is 2.47. The van der Waals surface area contributed by atoms with Crippen LogP contribution in [0.15, 0.2) is 119 Å². The maximum atomic E-state index is 14.0. The van der Waals surface area contributed by atoms with Gasteiger partial charge in [0.25, 0.3) is 5.91 Å². The van der Waals surface area contributed by atoms with Crippen molar-refractivity contribution in [3.8, 4) is 5.75 Å². The second-order valence-electron chi connectivity index (χ2n) is 9.57. The second-order valence-corrected chi connectivity index (χ2v) is 11.5. The lowest BCUT2D eigenvalue weighted by atomic mass is 10.0. The number of hydrogen-bond donors (Lipinski definition) is 0. The maximum Gasteiger partial charge on any atom is 0.271 e. The molecule has 0 N–H and O–H groups in total. The molecule has 5 aromatic rings. The third-order valence-electron chi connectivity index (χ3n) is 6.66. The summed E-state index contributed by atoms with van der Waals surface area (Å²) in [5, 5.41) is 3.80. The van der Waals surface area contributed by atoms with Crippen LogP contribution in [0.25, 0.3) is 16.8 Å². The predicted octanol–water partition coefficient (Wildman–Crippen LogP) is 9.84. The topological polar surface area (TPSA) is 41.9 Å². The third-order valence-corrected chi connectivity index (χ3v) is 8.14. The molecule has 202 valence electrons. The molecule has 0 aromatic heterocycles. The molecule has 1 saturated heterocycles. The second kappa shape index (κ2) is 11.8. The van der Waals surface area contributed by atoms with Gasteiger partial charge in [0.1, 0.15) is 12.4 Å². The smallest absolute Gasteiger partial charge is 0.271 e. The van der Waals surface area contributed by atoms with Crippen LogP contribution in [0.4, 0.5) is 11.4 Å². The Kier molecular flexibility index (Phi) is 7.84. The van der Waals surface area contributed by atoms with Gasteiger partial charge in [-0.15, -0.1) is 0 Å². The summed E-state index contributed by atoms with van der Waals surface area (Å²) in [6, 6.07) is 34.7.